The molecule has 0 aliphatic carbocycles. The van der Waals surface area contributed by atoms with Gasteiger partial charge in [-0.1, -0.05) is 48.5 Å². The molecule has 0 N–H and O–H groups in total. The second kappa shape index (κ2) is 7.86. The second-order valence-corrected chi connectivity index (χ2v) is 8.22. The maximum absolute atomic E-state index is 13.5. The van der Waals surface area contributed by atoms with E-state index in [4.69, 9.17) is 4.98 Å². The van der Waals surface area contributed by atoms with Gasteiger partial charge in [-0.3, -0.25) is 4.79 Å². The molecule has 2 fully saturated rings. The summed E-state index contributed by atoms with van der Waals surface area (Å²) in [5, 5.41) is 1.04. The number of para-hydroxylation sites is 1. The van der Waals surface area contributed by atoms with Gasteiger partial charge in [-0.15, -0.1) is 0 Å². The molecule has 1 amide bonds. The molecule has 2 aliphatic rings. The maximum atomic E-state index is 13.5. The molecule has 5 rings (SSSR count). The van der Waals surface area contributed by atoms with Crippen molar-refractivity contribution >= 4 is 22.6 Å². The van der Waals surface area contributed by atoms with Gasteiger partial charge in [0.05, 0.1) is 11.1 Å². The maximum Gasteiger partial charge on any atom is 0.257 e. The van der Waals surface area contributed by atoms with Crippen molar-refractivity contribution in [3.05, 3.63) is 71.8 Å². The van der Waals surface area contributed by atoms with Crippen LogP contribution in [-0.2, 0) is 0 Å². The number of hydrogen-bond donors (Lipinski definition) is 0. The Bertz CT molecular complexity index is 1000. The van der Waals surface area contributed by atoms with Crippen LogP contribution in [0.4, 0.5) is 5.82 Å². The SMILES string of the molecule is O=C(c1cc2ccccc2nc1N1CCCC1)N1CCC(c2ccccc2)CC1. The molecule has 2 aliphatic heterocycles. The van der Waals surface area contributed by atoms with Crippen LogP contribution in [0.2, 0.25) is 0 Å². The minimum Gasteiger partial charge on any atom is -0.356 e. The lowest BCUT2D eigenvalue weighted by molar-refractivity contribution is 0.0713. The van der Waals surface area contributed by atoms with Crippen LogP contribution in [-0.4, -0.2) is 42.0 Å². The van der Waals surface area contributed by atoms with E-state index < -0.39 is 0 Å². The van der Waals surface area contributed by atoms with E-state index in [9.17, 15) is 4.79 Å². The molecule has 2 aromatic carbocycles. The highest BCUT2D eigenvalue weighted by Gasteiger charge is 2.28. The Morgan fingerprint density at radius 3 is 2.31 bits per heavy atom. The standard InChI is InChI=1S/C25H27N3O/c29-25(28-16-12-20(13-17-28)19-8-2-1-3-9-19)22-18-21-10-4-5-11-23(21)26-24(22)27-14-6-7-15-27/h1-5,8-11,18,20H,6-7,12-17H2. The van der Waals surface area contributed by atoms with E-state index in [1.807, 2.05) is 23.1 Å². The van der Waals surface area contributed by atoms with Crippen LogP contribution in [0.5, 0.6) is 0 Å². The van der Waals surface area contributed by atoms with Crippen molar-refractivity contribution in [2.24, 2.45) is 0 Å². The summed E-state index contributed by atoms with van der Waals surface area (Å²) in [6.07, 6.45) is 4.39. The first-order valence-electron chi connectivity index (χ1n) is 10.8. The fourth-order valence-electron chi connectivity index (χ4n) is 4.74. The number of benzene rings is 2. The van der Waals surface area contributed by atoms with E-state index in [-0.39, 0.29) is 5.91 Å². The number of piperidine rings is 1. The molecule has 0 spiro atoms. The lowest BCUT2D eigenvalue weighted by Crippen LogP contribution is -2.39. The Balaban J connectivity index is 1.41. The van der Waals surface area contributed by atoms with Crippen LogP contribution >= 0.6 is 0 Å². The van der Waals surface area contributed by atoms with Crippen molar-refractivity contribution in [3.8, 4) is 0 Å². The minimum atomic E-state index is 0.136. The van der Waals surface area contributed by atoms with Crippen LogP contribution in [0.15, 0.2) is 60.7 Å². The van der Waals surface area contributed by atoms with E-state index in [1.54, 1.807) is 0 Å². The summed E-state index contributed by atoms with van der Waals surface area (Å²) < 4.78 is 0. The number of pyridine rings is 1. The molecule has 0 bridgehead atoms. The van der Waals surface area contributed by atoms with Gasteiger partial charge >= 0.3 is 0 Å². The minimum absolute atomic E-state index is 0.136. The second-order valence-electron chi connectivity index (χ2n) is 8.22. The average Bonchev–Trinajstić information content (AvgIpc) is 3.33. The summed E-state index contributed by atoms with van der Waals surface area (Å²) in [6, 6.07) is 20.9. The monoisotopic (exact) mass is 385 g/mol. The van der Waals surface area contributed by atoms with Crippen LogP contribution in [0.3, 0.4) is 0 Å². The van der Waals surface area contributed by atoms with Crippen molar-refractivity contribution in [3.63, 3.8) is 0 Å². The van der Waals surface area contributed by atoms with Crippen molar-refractivity contribution in [1.29, 1.82) is 0 Å². The van der Waals surface area contributed by atoms with Gasteiger partial charge in [0.1, 0.15) is 5.82 Å². The van der Waals surface area contributed by atoms with E-state index in [0.29, 0.717) is 5.92 Å². The number of amides is 1. The smallest absolute Gasteiger partial charge is 0.257 e. The summed E-state index contributed by atoms with van der Waals surface area (Å²) in [4.78, 5) is 22.8. The summed E-state index contributed by atoms with van der Waals surface area (Å²) in [5.41, 5.74) is 3.13. The Morgan fingerprint density at radius 2 is 1.55 bits per heavy atom. The van der Waals surface area contributed by atoms with Gasteiger partial charge in [0.15, 0.2) is 0 Å². The van der Waals surface area contributed by atoms with Gasteiger partial charge < -0.3 is 9.80 Å². The molecule has 0 atom stereocenters. The first-order chi connectivity index (χ1) is 14.3. The quantitative estimate of drug-likeness (QED) is 0.646. The molecule has 0 radical (unpaired) electrons. The number of fused-ring (bicyclic) bond motifs is 1. The number of hydrogen-bond acceptors (Lipinski definition) is 3. The number of carbonyl (C=O) groups excluding carboxylic acids is 1. The Labute approximate surface area is 172 Å². The van der Waals surface area contributed by atoms with Gasteiger partial charge in [-0.2, -0.15) is 0 Å². The van der Waals surface area contributed by atoms with Gasteiger partial charge in [-0.25, -0.2) is 4.98 Å². The molecule has 4 heteroatoms. The topological polar surface area (TPSA) is 36.4 Å². The first kappa shape index (κ1) is 18.2. The third-order valence-electron chi connectivity index (χ3n) is 6.39. The fourth-order valence-corrected chi connectivity index (χ4v) is 4.74. The highest BCUT2D eigenvalue weighted by Crippen LogP contribution is 2.31. The number of anilines is 1. The fraction of sp³-hybridized carbons (Fsp3) is 0.360. The summed E-state index contributed by atoms with van der Waals surface area (Å²) in [5.74, 6) is 1.56. The predicted molar refractivity (Wildman–Crippen MR) is 118 cm³/mol. The summed E-state index contributed by atoms with van der Waals surface area (Å²) in [6.45, 7) is 3.60. The highest BCUT2D eigenvalue weighted by atomic mass is 16.2. The van der Waals surface area contributed by atoms with Crippen molar-refractivity contribution in [2.75, 3.05) is 31.1 Å². The van der Waals surface area contributed by atoms with Crippen molar-refractivity contribution < 1.29 is 4.79 Å². The molecule has 4 nitrogen and oxygen atoms in total. The molecule has 148 valence electrons. The van der Waals surface area contributed by atoms with E-state index >= 15 is 0 Å². The zero-order valence-corrected chi connectivity index (χ0v) is 16.8. The summed E-state index contributed by atoms with van der Waals surface area (Å²) in [7, 11) is 0. The number of nitrogens with zero attached hydrogens (tertiary/aromatic N) is 3. The van der Waals surface area contributed by atoms with E-state index in [0.717, 1.165) is 61.3 Å². The van der Waals surface area contributed by atoms with Crippen LogP contribution in [0, 0.1) is 0 Å². The molecule has 0 saturated carbocycles. The third kappa shape index (κ3) is 3.59. The highest BCUT2D eigenvalue weighted by molar-refractivity contribution is 6.02. The number of likely N-dealkylation sites (tertiary alicyclic amines) is 1. The normalized spacial score (nSPS) is 17.8. The molecule has 29 heavy (non-hydrogen) atoms. The molecule has 2 saturated heterocycles. The largest absolute Gasteiger partial charge is 0.356 e. The van der Waals surface area contributed by atoms with Crippen molar-refractivity contribution in [1.82, 2.24) is 9.88 Å². The Morgan fingerprint density at radius 1 is 0.862 bits per heavy atom. The Kier molecular flexibility index (Phi) is 4.92. The first-order valence-corrected chi connectivity index (χ1v) is 10.8. The average molecular weight is 386 g/mol. The molecule has 1 aromatic heterocycles. The zero-order chi connectivity index (χ0) is 19.6. The van der Waals surface area contributed by atoms with Gasteiger partial charge in [0.2, 0.25) is 0 Å². The lowest BCUT2D eigenvalue weighted by Gasteiger charge is -2.33. The third-order valence-corrected chi connectivity index (χ3v) is 6.39. The number of rotatable bonds is 3. The molecular weight excluding hydrogens is 358 g/mol. The number of carbonyl (C=O) groups is 1. The molecule has 3 aromatic rings. The lowest BCUT2D eigenvalue weighted by atomic mass is 9.89. The Hall–Kier alpha value is -2.88. The van der Waals surface area contributed by atoms with Crippen LogP contribution in [0.1, 0.15) is 47.5 Å². The molecular formula is C25H27N3O. The molecule has 3 heterocycles. The van der Waals surface area contributed by atoms with Gasteiger partial charge in [0.25, 0.3) is 5.91 Å². The van der Waals surface area contributed by atoms with Crippen LogP contribution in [0.25, 0.3) is 10.9 Å². The van der Waals surface area contributed by atoms with Gasteiger partial charge in [-0.05, 0) is 49.3 Å². The van der Waals surface area contributed by atoms with E-state index in [1.165, 1.54) is 18.4 Å². The zero-order valence-electron chi connectivity index (χ0n) is 16.8. The van der Waals surface area contributed by atoms with Gasteiger partial charge in [0, 0.05) is 31.6 Å². The molecule has 0 unspecified atom stereocenters. The van der Waals surface area contributed by atoms with E-state index in [2.05, 4.69) is 47.4 Å². The number of aromatic nitrogens is 1. The van der Waals surface area contributed by atoms with Crippen molar-refractivity contribution in [2.45, 2.75) is 31.6 Å². The summed E-state index contributed by atoms with van der Waals surface area (Å²) >= 11 is 0. The predicted octanol–water partition coefficient (Wildman–Crippen LogP) is 4.85. The van der Waals surface area contributed by atoms with Crippen LogP contribution < -0.4 is 4.90 Å².